The molecule has 4 nitrogen and oxygen atoms in total. The van der Waals surface area contributed by atoms with Gasteiger partial charge in [0.05, 0.1) is 0 Å². The maximum Gasteiger partial charge on any atom is 0.228 e. The van der Waals surface area contributed by atoms with Crippen LogP contribution >= 0.6 is 11.6 Å². The minimum atomic E-state index is -0.372. The highest BCUT2D eigenvalue weighted by Gasteiger charge is 2.16. The van der Waals surface area contributed by atoms with Crippen molar-refractivity contribution < 1.29 is 8.91 Å². The van der Waals surface area contributed by atoms with E-state index in [9.17, 15) is 4.39 Å². The highest BCUT2D eigenvalue weighted by atomic mass is 35.5. The summed E-state index contributed by atoms with van der Waals surface area (Å²) >= 11 is 5.97. The highest BCUT2D eigenvalue weighted by molar-refractivity contribution is 6.31. The van der Waals surface area contributed by atoms with Gasteiger partial charge in [-0.15, -0.1) is 0 Å². The highest BCUT2D eigenvalue weighted by Crippen LogP contribution is 2.21. The second-order valence-corrected chi connectivity index (χ2v) is 5.50. The van der Waals surface area contributed by atoms with Crippen molar-refractivity contribution in [3.8, 4) is 0 Å². The van der Waals surface area contributed by atoms with Crippen molar-refractivity contribution in [2.45, 2.75) is 32.7 Å². The number of hydrogen-bond donors (Lipinski definition) is 1. The Balaban J connectivity index is 2.10. The summed E-state index contributed by atoms with van der Waals surface area (Å²) in [4.78, 5) is 4.23. The Hall–Kier alpha value is -1.46. The summed E-state index contributed by atoms with van der Waals surface area (Å²) in [5.41, 5.74) is 6.32. The summed E-state index contributed by atoms with van der Waals surface area (Å²) in [6.45, 7) is 4.06. The van der Waals surface area contributed by atoms with E-state index < -0.39 is 0 Å². The number of benzene rings is 1. The van der Waals surface area contributed by atoms with E-state index in [1.165, 1.54) is 6.07 Å². The molecule has 2 aromatic rings. The maximum absolute atomic E-state index is 13.7. The van der Waals surface area contributed by atoms with E-state index in [0.717, 1.165) is 0 Å². The lowest BCUT2D eigenvalue weighted by atomic mass is 10.0. The van der Waals surface area contributed by atoms with Gasteiger partial charge in [-0.25, -0.2) is 4.39 Å². The van der Waals surface area contributed by atoms with Crippen molar-refractivity contribution in [1.29, 1.82) is 0 Å². The Morgan fingerprint density at radius 1 is 1.40 bits per heavy atom. The normalized spacial score (nSPS) is 12.9. The predicted octanol–water partition coefficient (Wildman–Crippen LogP) is 2.98. The van der Waals surface area contributed by atoms with Gasteiger partial charge in [-0.05, 0) is 18.1 Å². The lowest BCUT2D eigenvalue weighted by Gasteiger charge is -2.11. The molecule has 0 aliphatic carbocycles. The Morgan fingerprint density at radius 2 is 2.15 bits per heavy atom. The molecule has 2 rings (SSSR count). The molecule has 0 fully saturated rings. The second-order valence-electron chi connectivity index (χ2n) is 5.09. The number of rotatable bonds is 5. The summed E-state index contributed by atoms with van der Waals surface area (Å²) in [7, 11) is 0. The molecule has 0 aliphatic rings. The van der Waals surface area contributed by atoms with Gasteiger partial charge in [-0.3, -0.25) is 0 Å². The first-order valence-corrected chi connectivity index (χ1v) is 6.85. The van der Waals surface area contributed by atoms with Gasteiger partial charge in [0.1, 0.15) is 5.82 Å². The number of halogens is 2. The van der Waals surface area contributed by atoms with Crippen molar-refractivity contribution in [2.75, 3.05) is 0 Å². The van der Waals surface area contributed by atoms with Gasteiger partial charge in [-0.2, -0.15) is 4.98 Å². The van der Waals surface area contributed by atoms with Crippen molar-refractivity contribution in [2.24, 2.45) is 11.7 Å². The molecule has 1 aromatic carbocycles. The van der Waals surface area contributed by atoms with Gasteiger partial charge >= 0.3 is 0 Å². The van der Waals surface area contributed by atoms with Crippen LogP contribution in [0, 0.1) is 11.7 Å². The van der Waals surface area contributed by atoms with Crippen LogP contribution in [0.15, 0.2) is 22.7 Å². The number of aromatic nitrogens is 2. The van der Waals surface area contributed by atoms with Crippen molar-refractivity contribution in [1.82, 2.24) is 10.1 Å². The van der Waals surface area contributed by atoms with Gasteiger partial charge in [0.25, 0.3) is 0 Å². The Morgan fingerprint density at radius 3 is 2.80 bits per heavy atom. The zero-order chi connectivity index (χ0) is 14.7. The van der Waals surface area contributed by atoms with Gasteiger partial charge in [0, 0.05) is 29.5 Å². The molecule has 0 radical (unpaired) electrons. The third-order valence-corrected chi connectivity index (χ3v) is 3.53. The largest absolute Gasteiger partial charge is 0.339 e. The lowest BCUT2D eigenvalue weighted by Crippen LogP contribution is -2.28. The molecule has 0 saturated heterocycles. The quantitative estimate of drug-likeness (QED) is 0.921. The third-order valence-electron chi connectivity index (χ3n) is 3.17. The number of hydrogen-bond acceptors (Lipinski definition) is 4. The van der Waals surface area contributed by atoms with Crippen LogP contribution in [-0.2, 0) is 12.8 Å². The molecule has 6 heteroatoms. The fraction of sp³-hybridized carbons (Fsp3) is 0.429. The van der Waals surface area contributed by atoms with E-state index in [0.29, 0.717) is 34.6 Å². The average molecular weight is 298 g/mol. The van der Waals surface area contributed by atoms with Gasteiger partial charge in [0.15, 0.2) is 5.82 Å². The lowest BCUT2D eigenvalue weighted by molar-refractivity contribution is 0.350. The summed E-state index contributed by atoms with van der Waals surface area (Å²) in [5.74, 6) is 0.825. The monoisotopic (exact) mass is 297 g/mol. The van der Waals surface area contributed by atoms with E-state index >= 15 is 0 Å². The zero-order valence-electron chi connectivity index (χ0n) is 11.4. The molecule has 1 unspecified atom stereocenters. The van der Waals surface area contributed by atoms with Gasteiger partial charge in [0.2, 0.25) is 5.89 Å². The molecule has 20 heavy (non-hydrogen) atoms. The molecule has 0 spiro atoms. The molecule has 0 saturated carbocycles. The standard InChI is InChI=1S/C14H17ClFN3O/c1-8(2)12(17)7-14-18-13(19-20-14)6-9-10(15)4-3-5-11(9)16/h3-5,8,12H,6-7,17H2,1-2H3. The summed E-state index contributed by atoms with van der Waals surface area (Å²) < 4.78 is 18.8. The Labute approximate surface area is 122 Å². The van der Waals surface area contributed by atoms with Crippen LogP contribution in [-0.4, -0.2) is 16.2 Å². The van der Waals surface area contributed by atoms with Crippen LogP contribution in [0.4, 0.5) is 4.39 Å². The summed E-state index contributed by atoms with van der Waals surface area (Å²) in [6.07, 6.45) is 0.710. The summed E-state index contributed by atoms with van der Waals surface area (Å²) in [6, 6.07) is 4.51. The zero-order valence-corrected chi connectivity index (χ0v) is 12.2. The molecule has 0 amide bonds. The first-order chi connectivity index (χ1) is 9.47. The molecule has 1 atom stereocenters. The van der Waals surface area contributed by atoms with E-state index in [2.05, 4.69) is 10.1 Å². The molecule has 0 aliphatic heterocycles. The van der Waals surface area contributed by atoms with Crippen LogP contribution in [0.3, 0.4) is 0 Å². The topological polar surface area (TPSA) is 64.9 Å². The fourth-order valence-corrected chi connectivity index (χ4v) is 1.97. The van der Waals surface area contributed by atoms with Crippen molar-refractivity contribution in [3.05, 3.63) is 46.3 Å². The molecular weight excluding hydrogens is 281 g/mol. The molecule has 1 heterocycles. The smallest absolute Gasteiger partial charge is 0.228 e. The maximum atomic E-state index is 13.7. The molecule has 2 N–H and O–H groups in total. The van der Waals surface area contributed by atoms with Crippen LogP contribution < -0.4 is 5.73 Å². The summed E-state index contributed by atoms with van der Waals surface area (Å²) in [5, 5.41) is 4.20. The first-order valence-electron chi connectivity index (χ1n) is 6.47. The van der Waals surface area contributed by atoms with E-state index in [4.69, 9.17) is 21.9 Å². The molecular formula is C14H17ClFN3O. The average Bonchev–Trinajstić information content (AvgIpc) is 2.81. The molecule has 1 aromatic heterocycles. The van der Waals surface area contributed by atoms with Crippen LogP contribution in [0.5, 0.6) is 0 Å². The van der Waals surface area contributed by atoms with E-state index in [-0.39, 0.29) is 18.3 Å². The number of nitrogens with zero attached hydrogens (tertiary/aromatic N) is 2. The fourth-order valence-electron chi connectivity index (χ4n) is 1.74. The van der Waals surface area contributed by atoms with Crippen molar-refractivity contribution in [3.63, 3.8) is 0 Å². The van der Waals surface area contributed by atoms with Crippen LogP contribution in [0.2, 0.25) is 5.02 Å². The molecule has 108 valence electrons. The van der Waals surface area contributed by atoms with Gasteiger partial charge < -0.3 is 10.3 Å². The Kier molecular flexibility index (Phi) is 4.73. The second kappa shape index (κ2) is 6.33. The third kappa shape index (κ3) is 3.55. The van der Waals surface area contributed by atoms with Gasteiger partial charge in [-0.1, -0.05) is 36.7 Å². The van der Waals surface area contributed by atoms with E-state index in [1.54, 1.807) is 12.1 Å². The Bertz CT molecular complexity index is 565. The predicted molar refractivity (Wildman–Crippen MR) is 75.0 cm³/mol. The molecule has 0 bridgehead atoms. The minimum Gasteiger partial charge on any atom is -0.339 e. The minimum absolute atomic E-state index is 0.0413. The SMILES string of the molecule is CC(C)C(N)Cc1nc(Cc2c(F)cccc2Cl)no1. The first kappa shape index (κ1) is 14.9. The van der Waals surface area contributed by atoms with Crippen LogP contribution in [0.25, 0.3) is 0 Å². The number of nitrogens with two attached hydrogens (primary N) is 1. The van der Waals surface area contributed by atoms with Crippen LogP contribution in [0.1, 0.15) is 31.1 Å². The van der Waals surface area contributed by atoms with E-state index in [1.807, 2.05) is 13.8 Å². The van der Waals surface area contributed by atoms with Crippen molar-refractivity contribution >= 4 is 11.6 Å².